The molecule has 136 valence electrons. The summed E-state index contributed by atoms with van der Waals surface area (Å²) in [6, 6.07) is 8.29. The van der Waals surface area contributed by atoms with Gasteiger partial charge in [0.25, 0.3) is 0 Å². The van der Waals surface area contributed by atoms with Gasteiger partial charge in [-0.15, -0.1) is 0 Å². The van der Waals surface area contributed by atoms with Crippen LogP contribution in [0.25, 0.3) is 0 Å². The van der Waals surface area contributed by atoms with E-state index >= 15 is 0 Å². The largest absolute Gasteiger partial charge is 2.00 e. The fourth-order valence-corrected chi connectivity index (χ4v) is 3.29. The topological polar surface area (TPSA) is 20.2 Å². The molecule has 0 saturated heterocycles. The van der Waals surface area contributed by atoms with Crippen LogP contribution < -0.4 is 0 Å². The smallest absolute Gasteiger partial charge is 1.00 e. The number of aliphatic hydroxyl groups excluding tert-OH is 1. The Morgan fingerprint density at radius 1 is 0.667 bits per heavy atom. The van der Waals surface area contributed by atoms with Crippen molar-refractivity contribution in [2.75, 3.05) is 0 Å². The number of aryl methyl sites for hydroxylation is 1. The molecule has 1 aromatic rings. The van der Waals surface area contributed by atoms with Gasteiger partial charge in [-0.2, -0.15) is 0 Å². The first-order valence-corrected chi connectivity index (χ1v) is 10.1. The van der Waals surface area contributed by atoms with Gasteiger partial charge in [0.05, 0.1) is 6.61 Å². The molecular weight excluding hydrogens is 305 g/mol. The maximum atomic E-state index is 9.32. The molecule has 0 spiro atoms. The molecule has 1 aromatic carbocycles. The van der Waals surface area contributed by atoms with E-state index in [1.165, 1.54) is 89.0 Å². The predicted molar refractivity (Wildman–Crippen MR) is 110 cm³/mol. The number of benzene rings is 1. The molecule has 0 bridgehead atoms. The zero-order chi connectivity index (χ0) is 16.6. The minimum Gasteiger partial charge on any atom is -1.00 e. The summed E-state index contributed by atoms with van der Waals surface area (Å²) in [5.74, 6) is 0. The third kappa shape index (κ3) is 12.3. The van der Waals surface area contributed by atoms with Crippen molar-refractivity contribution in [1.29, 1.82) is 0 Å². The molecule has 0 heterocycles. The molecule has 1 nitrogen and oxygen atoms in total. The van der Waals surface area contributed by atoms with E-state index in [0.717, 1.165) is 12.0 Å². The number of rotatable bonds is 15. The summed E-state index contributed by atoms with van der Waals surface area (Å²) in [6.07, 6.45) is 19.3. The summed E-state index contributed by atoms with van der Waals surface area (Å²) in [4.78, 5) is 0. The minimum atomic E-state index is 0. The van der Waals surface area contributed by atoms with Crippen molar-refractivity contribution in [3.05, 3.63) is 35.4 Å². The second kappa shape index (κ2) is 17.8. The van der Waals surface area contributed by atoms with Crippen molar-refractivity contribution in [2.45, 2.75) is 103 Å². The predicted octanol–water partition coefficient (Wildman–Crippen LogP) is 6.66. The molecule has 0 fully saturated rings. The quantitative estimate of drug-likeness (QED) is 0.279. The van der Waals surface area contributed by atoms with E-state index in [1.54, 1.807) is 0 Å². The van der Waals surface area contributed by atoms with Crippen LogP contribution in [0.1, 0.15) is 104 Å². The number of hydrogen-bond acceptors (Lipinski definition) is 1. The van der Waals surface area contributed by atoms with Crippen molar-refractivity contribution < 1.29 is 7.96 Å². The van der Waals surface area contributed by atoms with Crippen LogP contribution in [0.4, 0.5) is 0 Å². The monoisotopic (exact) mass is 344 g/mol. The molecule has 0 saturated carbocycles. The van der Waals surface area contributed by atoms with Gasteiger partial charge in [-0.05, 0) is 24.0 Å². The number of aliphatic hydroxyl groups is 1. The van der Waals surface area contributed by atoms with Crippen molar-refractivity contribution in [3.63, 3.8) is 0 Å². The van der Waals surface area contributed by atoms with Crippen LogP contribution in [0.15, 0.2) is 24.3 Å². The zero-order valence-electron chi connectivity index (χ0n) is 18.1. The van der Waals surface area contributed by atoms with E-state index in [9.17, 15) is 5.11 Å². The third-order valence-electron chi connectivity index (χ3n) is 4.84. The molecular formula is C22H40MgO. The van der Waals surface area contributed by atoms with E-state index in [4.69, 9.17) is 0 Å². The zero-order valence-corrected chi connectivity index (χ0v) is 17.5. The van der Waals surface area contributed by atoms with Crippen LogP contribution >= 0.6 is 0 Å². The molecule has 24 heavy (non-hydrogen) atoms. The maximum absolute atomic E-state index is 9.32. The SMILES string of the molecule is CCCCCCCCCCCCCCCc1ccccc1CO.[H-].[H-].[Mg+2]. The number of hydrogen-bond donors (Lipinski definition) is 1. The first-order chi connectivity index (χ1) is 11.4. The van der Waals surface area contributed by atoms with Crippen LogP contribution in [0, 0.1) is 0 Å². The molecule has 0 aromatic heterocycles. The fourth-order valence-electron chi connectivity index (χ4n) is 3.29. The summed E-state index contributed by atoms with van der Waals surface area (Å²) in [6.45, 7) is 2.46. The van der Waals surface area contributed by atoms with Crippen LogP contribution in [0.3, 0.4) is 0 Å². The number of unbranched alkanes of at least 4 members (excludes halogenated alkanes) is 12. The molecule has 0 amide bonds. The van der Waals surface area contributed by atoms with Crippen LogP contribution in [0.5, 0.6) is 0 Å². The first kappa shape index (κ1) is 23.9. The van der Waals surface area contributed by atoms with E-state index in [2.05, 4.69) is 19.1 Å². The van der Waals surface area contributed by atoms with Gasteiger partial charge in [0, 0.05) is 0 Å². The van der Waals surface area contributed by atoms with Gasteiger partial charge in [-0.1, -0.05) is 108 Å². The molecule has 1 N–H and O–H groups in total. The van der Waals surface area contributed by atoms with Gasteiger partial charge >= 0.3 is 23.1 Å². The van der Waals surface area contributed by atoms with Gasteiger partial charge in [0.15, 0.2) is 0 Å². The van der Waals surface area contributed by atoms with Gasteiger partial charge in [0.1, 0.15) is 0 Å². The van der Waals surface area contributed by atoms with Gasteiger partial charge in [-0.3, -0.25) is 0 Å². The van der Waals surface area contributed by atoms with E-state index in [1.807, 2.05) is 12.1 Å². The normalized spacial score (nSPS) is 10.6. The molecule has 0 radical (unpaired) electrons. The fraction of sp³-hybridized carbons (Fsp3) is 0.727. The summed E-state index contributed by atoms with van der Waals surface area (Å²) in [5, 5.41) is 9.32. The second-order valence-electron chi connectivity index (χ2n) is 6.92. The molecule has 2 heteroatoms. The van der Waals surface area contributed by atoms with E-state index in [0.29, 0.717) is 0 Å². The summed E-state index contributed by atoms with van der Waals surface area (Å²) >= 11 is 0. The second-order valence-corrected chi connectivity index (χ2v) is 6.92. The van der Waals surface area contributed by atoms with E-state index in [-0.39, 0.29) is 32.5 Å². The molecule has 0 aliphatic rings. The Morgan fingerprint density at radius 2 is 1.08 bits per heavy atom. The molecule has 0 atom stereocenters. The Kier molecular flexibility index (Phi) is 17.7. The van der Waals surface area contributed by atoms with Crippen molar-refractivity contribution in [2.24, 2.45) is 0 Å². The third-order valence-corrected chi connectivity index (χ3v) is 4.84. The Hall–Kier alpha value is -0.0538. The molecule has 0 aliphatic heterocycles. The Morgan fingerprint density at radius 3 is 1.54 bits per heavy atom. The average molecular weight is 345 g/mol. The van der Waals surface area contributed by atoms with E-state index < -0.39 is 0 Å². The van der Waals surface area contributed by atoms with Crippen LogP contribution in [0.2, 0.25) is 0 Å². The standard InChI is InChI=1S/C22H38O.Mg.2H/c1-2-3-4-5-6-7-8-9-10-11-12-13-14-17-21-18-15-16-19-22(21)20-23;;;/h15-16,18-19,23H,2-14,17,20H2,1H3;;;/q;+2;2*-1. The minimum absolute atomic E-state index is 0. The first-order valence-electron chi connectivity index (χ1n) is 10.1. The van der Waals surface area contributed by atoms with Crippen molar-refractivity contribution in [1.82, 2.24) is 0 Å². The molecule has 0 unspecified atom stereocenters. The summed E-state index contributed by atoms with van der Waals surface area (Å²) in [5.41, 5.74) is 2.43. The maximum Gasteiger partial charge on any atom is 2.00 e. The summed E-state index contributed by atoms with van der Waals surface area (Å²) in [7, 11) is 0. The Balaban J connectivity index is -0.00000176. The van der Waals surface area contributed by atoms with Crippen LogP contribution in [-0.4, -0.2) is 28.2 Å². The Bertz CT molecular complexity index is 388. The average Bonchev–Trinajstić information content (AvgIpc) is 2.59. The van der Waals surface area contributed by atoms with Crippen molar-refractivity contribution in [3.8, 4) is 0 Å². The molecule has 0 aliphatic carbocycles. The molecule has 1 rings (SSSR count). The van der Waals surface area contributed by atoms with Gasteiger partial charge in [-0.25, -0.2) is 0 Å². The van der Waals surface area contributed by atoms with Gasteiger partial charge in [0.2, 0.25) is 0 Å². The van der Waals surface area contributed by atoms with Gasteiger partial charge < -0.3 is 7.96 Å². The van der Waals surface area contributed by atoms with Crippen molar-refractivity contribution >= 4 is 23.1 Å². The van der Waals surface area contributed by atoms with Crippen LogP contribution in [-0.2, 0) is 13.0 Å². The Labute approximate surface area is 169 Å². The summed E-state index contributed by atoms with van der Waals surface area (Å²) < 4.78 is 0.